The van der Waals surface area contributed by atoms with Crippen LogP contribution in [0.15, 0.2) is 0 Å². The summed E-state index contributed by atoms with van der Waals surface area (Å²) in [5, 5.41) is 0. The molecule has 0 aromatic heterocycles. The molecule has 2 heteroatoms. The molecular weight excluding hydrogens is 122 g/mol. The van der Waals surface area contributed by atoms with Gasteiger partial charge in [0.05, 0.1) is 0 Å². The zero-order valence-electron chi connectivity index (χ0n) is 5.37. The first-order valence-corrected chi connectivity index (χ1v) is 3.34. The molecule has 1 rings (SSSR count). The van der Waals surface area contributed by atoms with E-state index in [1.807, 2.05) is 0 Å². The third-order valence-electron chi connectivity index (χ3n) is 1.76. The van der Waals surface area contributed by atoms with Crippen LogP contribution < -0.4 is 0 Å². The van der Waals surface area contributed by atoms with Crippen LogP contribution in [0.5, 0.6) is 0 Å². The fourth-order valence-corrected chi connectivity index (χ4v) is 0.974. The topological polar surface area (TPSA) is 0 Å². The lowest BCUT2D eigenvalue weighted by molar-refractivity contribution is 0.0966. The van der Waals surface area contributed by atoms with Gasteiger partial charge < -0.3 is 0 Å². The predicted molar refractivity (Wildman–Crippen MR) is 32.3 cm³/mol. The Morgan fingerprint density at radius 2 is 2.11 bits per heavy atom. The number of rotatable bonds is 3. The number of hydrogen-bond donors (Lipinski definition) is 0. The van der Waals surface area contributed by atoms with E-state index in [9.17, 15) is 8.78 Å². The van der Waals surface area contributed by atoms with Gasteiger partial charge in [-0.1, -0.05) is 19.8 Å². The smallest absolute Gasteiger partial charge is 0.207 e. The van der Waals surface area contributed by atoms with Crippen molar-refractivity contribution in [1.82, 2.24) is 0 Å². The minimum atomic E-state index is -2.31. The van der Waals surface area contributed by atoms with Gasteiger partial charge in [0.15, 0.2) is 0 Å². The Kier molecular flexibility index (Phi) is 1.73. The molecule has 1 aliphatic rings. The summed E-state index contributed by atoms with van der Waals surface area (Å²) in [6, 6.07) is 0. The second-order valence-electron chi connectivity index (χ2n) is 2.66. The van der Waals surface area contributed by atoms with Gasteiger partial charge in [-0.25, -0.2) is 8.78 Å². The van der Waals surface area contributed by atoms with E-state index < -0.39 is 5.92 Å². The van der Waals surface area contributed by atoms with Crippen molar-refractivity contribution in [2.75, 3.05) is 0 Å². The standard InChI is InChI=1S/C7H11F2/c1-2-3-4-6-5-7(6,8)9/h6H,1-5H2. The van der Waals surface area contributed by atoms with Crippen molar-refractivity contribution < 1.29 is 8.78 Å². The molecular formula is C7H11F2. The molecule has 0 heterocycles. The monoisotopic (exact) mass is 133 g/mol. The number of hydrogen-bond acceptors (Lipinski definition) is 0. The van der Waals surface area contributed by atoms with E-state index in [4.69, 9.17) is 0 Å². The molecule has 0 N–H and O–H groups in total. The van der Waals surface area contributed by atoms with Gasteiger partial charge in [0.1, 0.15) is 0 Å². The third kappa shape index (κ3) is 1.63. The molecule has 0 amide bonds. The highest BCUT2D eigenvalue weighted by Gasteiger charge is 2.55. The minimum Gasteiger partial charge on any atom is -0.207 e. The Morgan fingerprint density at radius 3 is 2.44 bits per heavy atom. The van der Waals surface area contributed by atoms with Crippen LogP contribution >= 0.6 is 0 Å². The van der Waals surface area contributed by atoms with Gasteiger partial charge in [-0.05, 0) is 6.42 Å². The van der Waals surface area contributed by atoms with E-state index in [1.165, 1.54) is 0 Å². The first-order chi connectivity index (χ1) is 4.17. The highest BCUT2D eigenvalue weighted by atomic mass is 19.3. The summed E-state index contributed by atoms with van der Waals surface area (Å²) in [5.74, 6) is -2.62. The average Bonchev–Trinajstić information content (AvgIpc) is 2.35. The summed E-state index contributed by atoms with van der Waals surface area (Å²) in [7, 11) is 0. The highest BCUT2D eigenvalue weighted by molar-refractivity contribution is 4.94. The van der Waals surface area contributed by atoms with Crippen LogP contribution in [0, 0.1) is 12.8 Å². The maximum absolute atomic E-state index is 12.1. The molecule has 1 aliphatic carbocycles. The predicted octanol–water partition coefficient (Wildman–Crippen LogP) is 2.65. The molecule has 0 aromatic carbocycles. The van der Waals surface area contributed by atoms with Crippen LogP contribution in [-0.2, 0) is 0 Å². The summed E-state index contributed by atoms with van der Waals surface area (Å²) < 4.78 is 24.2. The summed E-state index contributed by atoms with van der Waals surface area (Å²) in [4.78, 5) is 0. The van der Waals surface area contributed by atoms with Crippen LogP contribution in [0.1, 0.15) is 25.7 Å². The Hall–Kier alpha value is -0.140. The summed E-state index contributed by atoms with van der Waals surface area (Å²) in [6.07, 6.45) is 2.41. The second-order valence-corrected chi connectivity index (χ2v) is 2.66. The van der Waals surface area contributed by atoms with Gasteiger partial charge in [0.2, 0.25) is 0 Å². The van der Waals surface area contributed by atoms with Crippen LogP contribution in [0.2, 0.25) is 0 Å². The van der Waals surface area contributed by atoms with Crippen molar-refractivity contribution in [2.24, 2.45) is 5.92 Å². The quantitative estimate of drug-likeness (QED) is 0.555. The van der Waals surface area contributed by atoms with Crippen LogP contribution in [0.25, 0.3) is 0 Å². The van der Waals surface area contributed by atoms with Crippen molar-refractivity contribution in [3.63, 3.8) is 0 Å². The Labute approximate surface area is 54.3 Å². The molecule has 0 aliphatic heterocycles. The Bertz CT molecular complexity index is 99.1. The molecule has 53 valence electrons. The van der Waals surface area contributed by atoms with Crippen LogP contribution in [0.3, 0.4) is 0 Å². The Balaban J connectivity index is 2.06. The van der Waals surface area contributed by atoms with E-state index >= 15 is 0 Å². The summed E-state index contributed by atoms with van der Waals surface area (Å²) in [6.45, 7) is 3.59. The zero-order chi connectivity index (χ0) is 6.91. The fourth-order valence-electron chi connectivity index (χ4n) is 0.974. The van der Waals surface area contributed by atoms with Gasteiger partial charge in [-0.3, -0.25) is 0 Å². The number of unbranched alkanes of at least 4 members (excludes halogenated alkanes) is 1. The van der Waals surface area contributed by atoms with Gasteiger partial charge in [-0.15, -0.1) is 0 Å². The zero-order valence-corrected chi connectivity index (χ0v) is 5.37. The molecule has 1 fully saturated rings. The van der Waals surface area contributed by atoms with Crippen molar-refractivity contribution in [2.45, 2.75) is 31.6 Å². The van der Waals surface area contributed by atoms with Gasteiger partial charge in [-0.2, -0.15) is 0 Å². The average molecular weight is 133 g/mol. The lowest BCUT2D eigenvalue weighted by Gasteiger charge is -1.93. The van der Waals surface area contributed by atoms with Crippen molar-refractivity contribution >= 4 is 0 Å². The number of alkyl halides is 2. The largest absolute Gasteiger partial charge is 0.251 e. The SMILES string of the molecule is [CH2]CCCC1CC1(F)F. The highest BCUT2D eigenvalue weighted by Crippen LogP contribution is 2.51. The molecule has 0 bridgehead atoms. The Morgan fingerprint density at radius 1 is 1.56 bits per heavy atom. The normalized spacial score (nSPS) is 30.3. The fraction of sp³-hybridized carbons (Fsp3) is 0.857. The minimum absolute atomic E-state index is 0.118. The lowest BCUT2D eigenvalue weighted by Crippen LogP contribution is -1.92. The maximum atomic E-state index is 12.1. The van der Waals surface area contributed by atoms with E-state index in [2.05, 4.69) is 6.92 Å². The third-order valence-corrected chi connectivity index (χ3v) is 1.76. The van der Waals surface area contributed by atoms with Crippen molar-refractivity contribution in [3.05, 3.63) is 6.92 Å². The molecule has 1 atom stereocenters. The molecule has 0 nitrogen and oxygen atoms in total. The molecule has 1 saturated carbocycles. The first-order valence-electron chi connectivity index (χ1n) is 3.34. The van der Waals surface area contributed by atoms with E-state index in [-0.39, 0.29) is 12.3 Å². The molecule has 1 radical (unpaired) electrons. The van der Waals surface area contributed by atoms with Crippen molar-refractivity contribution in [1.29, 1.82) is 0 Å². The first kappa shape index (κ1) is 6.97. The van der Waals surface area contributed by atoms with Crippen LogP contribution in [0.4, 0.5) is 8.78 Å². The second kappa shape index (κ2) is 2.24. The van der Waals surface area contributed by atoms with Gasteiger partial charge in [0.25, 0.3) is 5.92 Å². The van der Waals surface area contributed by atoms with E-state index in [1.54, 1.807) is 0 Å². The van der Waals surface area contributed by atoms with E-state index in [0.29, 0.717) is 6.42 Å². The van der Waals surface area contributed by atoms with Crippen molar-refractivity contribution in [3.8, 4) is 0 Å². The number of halogens is 2. The molecule has 0 spiro atoms. The molecule has 1 unspecified atom stereocenters. The maximum Gasteiger partial charge on any atom is 0.251 e. The summed E-state index contributed by atoms with van der Waals surface area (Å²) in [5.41, 5.74) is 0. The van der Waals surface area contributed by atoms with E-state index in [0.717, 1.165) is 12.8 Å². The lowest BCUT2D eigenvalue weighted by atomic mass is 10.2. The molecule has 0 aromatic rings. The van der Waals surface area contributed by atoms with Crippen LogP contribution in [-0.4, -0.2) is 5.92 Å². The summed E-state index contributed by atoms with van der Waals surface area (Å²) >= 11 is 0. The molecule has 0 saturated heterocycles. The molecule has 9 heavy (non-hydrogen) atoms. The van der Waals surface area contributed by atoms with Gasteiger partial charge in [0, 0.05) is 12.3 Å². The van der Waals surface area contributed by atoms with Gasteiger partial charge >= 0.3 is 0 Å².